The van der Waals surface area contributed by atoms with Gasteiger partial charge in [-0.3, -0.25) is 0 Å². The number of rotatable bonds is 1. The Kier molecular flexibility index (Phi) is 3.19. The Bertz CT molecular complexity index is 90.3. The molecule has 1 nitrogen and oxygen atoms in total. The van der Waals surface area contributed by atoms with Gasteiger partial charge in [0.05, 0.1) is 0 Å². The number of allylic oxidation sites excluding steroid dienone is 1. The van der Waals surface area contributed by atoms with Crippen LogP contribution in [0.4, 0.5) is 4.39 Å². The first-order valence-electron chi connectivity index (χ1n) is 2.08. The summed E-state index contributed by atoms with van der Waals surface area (Å²) in [5.74, 6) is -0.405. The lowest BCUT2D eigenvalue weighted by Gasteiger charge is -1.73. The minimum atomic E-state index is -0.405. The van der Waals surface area contributed by atoms with E-state index in [1.165, 1.54) is 13.1 Å². The van der Waals surface area contributed by atoms with E-state index in [2.05, 4.69) is 4.99 Å². The fraction of sp³-hybridized carbons (Fsp3) is 0.400. The molecule has 0 rings (SSSR count). The Morgan fingerprint density at radius 2 is 2.29 bits per heavy atom. The van der Waals surface area contributed by atoms with Crippen molar-refractivity contribution in [2.45, 2.75) is 13.8 Å². The van der Waals surface area contributed by atoms with Gasteiger partial charge in [0, 0.05) is 13.1 Å². The molecular weight excluding hydrogens is 93.1 g/mol. The highest BCUT2D eigenvalue weighted by Crippen LogP contribution is 1.78. The molecule has 0 amide bonds. The molecule has 40 valence electrons. The van der Waals surface area contributed by atoms with Crippen molar-refractivity contribution >= 4 is 5.97 Å². The summed E-state index contributed by atoms with van der Waals surface area (Å²) >= 11 is 0. The van der Waals surface area contributed by atoms with E-state index in [1.54, 1.807) is 13.0 Å². The molecule has 0 spiro atoms. The van der Waals surface area contributed by atoms with Crippen molar-refractivity contribution < 1.29 is 4.39 Å². The molecule has 0 N–H and O–H groups in total. The zero-order valence-electron chi connectivity index (χ0n) is 4.48. The first kappa shape index (κ1) is 6.34. The SMILES string of the molecule is C/C=C\N=C(/C)F. The van der Waals surface area contributed by atoms with Crippen molar-refractivity contribution in [2.24, 2.45) is 4.99 Å². The van der Waals surface area contributed by atoms with Gasteiger partial charge in [-0.2, -0.15) is 4.39 Å². The lowest BCUT2D eigenvalue weighted by molar-refractivity contribution is 0.798. The maximum atomic E-state index is 11.6. The summed E-state index contributed by atoms with van der Waals surface area (Å²) in [7, 11) is 0. The zero-order valence-corrected chi connectivity index (χ0v) is 4.48. The second-order valence-corrected chi connectivity index (χ2v) is 1.11. The van der Waals surface area contributed by atoms with Crippen LogP contribution in [0, 0.1) is 0 Å². The summed E-state index contributed by atoms with van der Waals surface area (Å²) in [5, 5.41) is 0. The number of nitrogens with zero attached hydrogens (tertiary/aromatic N) is 1. The first-order chi connectivity index (χ1) is 3.27. The van der Waals surface area contributed by atoms with Crippen LogP contribution in [0.5, 0.6) is 0 Å². The van der Waals surface area contributed by atoms with Crippen molar-refractivity contribution in [3.05, 3.63) is 12.3 Å². The Balaban J connectivity index is 3.46. The third-order valence-electron chi connectivity index (χ3n) is 0.402. The van der Waals surface area contributed by atoms with E-state index in [4.69, 9.17) is 0 Å². The van der Waals surface area contributed by atoms with E-state index in [0.717, 1.165) is 0 Å². The molecule has 0 atom stereocenters. The number of hydrogen-bond acceptors (Lipinski definition) is 1. The molecule has 0 aromatic rings. The monoisotopic (exact) mass is 101 g/mol. The van der Waals surface area contributed by atoms with Gasteiger partial charge >= 0.3 is 0 Å². The van der Waals surface area contributed by atoms with Gasteiger partial charge in [-0.15, -0.1) is 0 Å². The van der Waals surface area contributed by atoms with Crippen LogP contribution in [-0.2, 0) is 0 Å². The maximum Gasteiger partial charge on any atom is 0.185 e. The Labute approximate surface area is 42.6 Å². The molecule has 0 saturated carbocycles. The summed E-state index contributed by atoms with van der Waals surface area (Å²) in [6.45, 7) is 3.09. The van der Waals surface area contributed by atoms with Gasteiger partial charge in [-0.1, -0.05) is 6.08 Å². The van der Waals surface area contributed by atoms with Crippen LogP contribution in [0.3, 0.4) is 0 Å². The van der Waals surface area contributed by atoms with E-state index < -0.39 is 5.97 Å². The Morgan fingerprint density at radius 1 is 1.71 bits per heavy atom. The molecule has 0 heterocycles. The van der Waals surface area contributed by atoms with E-state index >= 15 is 0 Å². The molecule has 0 aromatic carbocycles. The van der Waals surface area contributed by atoms with Crippen LogP contribution < -0.4 is 0 Å². The zero-order chi connectivity index (χ0) is 5.70. The summed E-state index contributed by atoms with van der Waals surface area (Å²) in [6, 6.07) is 0. The van der Waals surface area contributed by atoms with Crippen LogP contribution in [0.2, 0.25) is 0 Å². The van der Waals surface area contributed by atoms with Crippen molar-refractivity contribution in [1.82, 2.24) is 0 Å². The van der Waals surface area contributed by atoms with Gasteiger partial charge in [0.25, 0.3) is 0 Å². The van der Waals surface area contributed by atoms with Crippen LogP contribution in [0.1, 0.15) is 13.8 Å². The average molecular weight is 101 g/mol. The minimum Gasteiger partial charge on any atom is -0.233 e. The van der Waals surface area contributed by atoms with Crippen molar-refractivity contribution in [1.29, 1.82) is 0 Å². The van der Waals surface area contributed by atoms with Crippen LogP contribution in [0.15, 0.2) is 17.3 Å². The second kappa shape index (κ2) is 3.53. The second-order valence-electron chi connectivity index (χ2n) is 1.11. The molecule has 0 bridgehead atoms. The fourth-order valence-electron chi connectivity index (χ4n) is 0.177. The largest absolute Gasteiger partial charge is 0.233 e. The van der Waals surface area contributed by atoms with Gasteiger partial charge in [0.2, 0.25) is 0 Å². The third kappa shape index (κ3) is 5.34. The predicted octanol–water partition coefficient (Wildman–Crippen LogP) is 1.91. The maximum absolute atomic E-state index is 11.6. The van der Waals surface area contributed by atoms with Gasteiger partial charge in [0.1, 0.15) is 0 Å². The van der Waals surface area contributed by atoms with Crippen molar-refractivity contribution in [3.8, 4) is 0 Å². The number of hydrogen-bond donors (Lipinski definition) is 0. The molecule has 0 unspecified atom stereocenters. The summed E-state index contributed by atoms with van der Waals surface area (Å²) in [5.41, 5.74) is 0. The molecule has 0 saturated heterocycles. The number of halogens is 1. The fourth-order valence-corrected chi connectivity index (χ4v) is 0.177. The van der Waals surface area contributed by atoms with E-state index in [0.29, 0.717) is 0 Å². The predicted molar refractivity (Wildman–Crippen MR) is 29.0 cm³/mol. The van der Waals surface area contributed by atoms with Crippen LogP contribution in [0.25, 0.3) is 0 Å². The highest BCUT2D eigenvalue weighted by Gasteiger charge is 1.72. The van der Waals surface area contributed by atoms with Gasteiger partial charge < -0.3 is 0 Å². The topological polar surface area (TPSA) is 12.4 Å². The average Bonchev–Trinajstić information content (AvgIpc) is 1.61. The molecular formula is C5H8FN. The molecule has 2 heteroatoms. The molecule has 7 heavy (non-hydrogen) atoms. The first-order valence-corrected chi connectivity index (χ1v) is 2.08. The lowest BCUT2D eigenvalue weighted by Crippen LogP contribution is -1.70. The summed E-state index contributed by atoms with van der Waals surface area (Å²) in [6.07, 6.45) is 3.08. The Hall–Kier alpha value is -0.660. The minimum absolute atomic E-state index is 0.405. The van der Waals surface area contributed by atoms with Crippen LogP contribution in [-0.4, -0.2) is 5.97 Å². The quantitative estimate of drug-likeness (QED) is 0.447. The number of aliphatic imine (C=N–C) groups is 1. The molecule has 0 fully saturated rings. The normalized spacial score (nSPS) is 13.3. The van der Waals surface area contributed by atoms with Gasteiger partial charge in [-0.05, 0) is 6.92 Å². The van der Waals surface area contributed by atoms with Gasteiger partial charge in [0.15, 0.2) is 5.97 Å². The Morgan fingerprint density at radius 3 is 2.43 bits per heavy atom. The lowest BCUT2D eigenvalue weighted by atomic mass is 10.7. The van der Waals surface area contributed by atoms with E-state index in [-0.39, 0.29) is 0 Å². The summed E-state index contributed by atoms with van der Waals surface area (Å²) < 4.78 is 11.6. The van der Waals surface area contributed by atoms with Crippen molar-refractivity contribution in [2.75, 3.05) is 0 Å². The standard InChI is InChI=1S/C5H8FN/c1-3-4-7-5(2)6/h3-4H,1-2H3/b4-3-,7-5+. The van der Waals surface area contributed by atoms with Gasteiger partial charge in [-0.25, -0.2) is 4.99 Å². The molecule has 0 aromatic heterocycles. The van der Waals surface area contributed by atoms with E-state index in [1.807, 2.05) is 0 Å². The molecule has 0 aliphatic rings. The molecule has 0 aliphatic carbocycles. The molecule has 0 aliphatic heterocycles. The van der Waals surface area contributed by atoms with E-state index in [9.17, 15) is 4.39 Å². The van der Waals surface area contributed by atoms with Crippen LogP contribution >= 0.6 is 0 Å². The molecule has 0 radical (unpaired) electrons. The highest BCUT2D eigenvalue weighted by molar-refractivity contribution is 5.72. The third-order valence-corrected chi connectivity index (χ3v) is 0.402. The highest BCUT2D eigenvalue weighted by atomic mass is 19.1. The van der Waals surface area contributed by atoms with Crippen molar-refractivity contribution in [3.63, 3.8) is 0 Å². The summed E-state index contributed by atoms with van der Waals surface area (Å²) in [4.78, 5) is 3.31. The smallest absolute Gasteiger partial charge is 0.185 e.